The number of fused-ring (bicyclic) bond motifs is 1. The van der Waals surface area contributed by atoms with Gasteiger partial charge in [-0.3, -0.25) is 4.79 Å². The average molecular weight is 753 g/mol. The highest BCUT2D eigenvalue weighted by atomic mass is 32.2. The summed E-state index contributed by atoms with van der Waals surface area (Å²) in [6.45, 7) is 32.6. The molecule has 0 N–H and O–H groups in total. The number of methoxy groups -OCH3 is 1. The lowest BCUT2D eigenvalue weighted by atomic mass is 9.44. The van der Waals surface area contributed by atoms with Gasteiger partial charge < -0.3 is 22.7 Å². The van der Waals surface area contributed by atoms with E-state index in [9.17, 15) is 4.79 Å². The molecule has 3 rings (SSSR count). The second kappa shape index (κ2) is 16.4. The molecule has 6 nitrogen and oxygen atoms in total. The Morgan fingerprint density at radius 2 is 1.73 bits per heavy atom. The van der Waals surface area contributed by atoms with Crippen LogP contribution in [0.1, 0.15) is 117 Å². The van der Waals surface area contributed by atoms with Crippen LogP contribution in [0.5, 0.6) is 5.95 Å². The first-order valence-electron chi connectivity index (χ1n) is 18.6. The van der Waals surface area contributed by atoms with Gasteiger partial charge in [-0.15, -0.1) is 0 Å². The summed E-state index contributed by atoms with van der Waals surface area (Å²) in [5.41, 5.74) is 1.64. The molecule has 2 saturated carbocycles. The minimum absolute atomic E-state index is 0.0942. The molecule has 1 heterocycles. The molecule has 49 heavy (non-hydrogen) atoms. The van der Waals surface area contributed by atoms with Gasteiger partial charge in [0.1, 0.15) is 17.4 Å². The zero-order valence-electron chi connectivity index (χ0n) is 33.4. The first-order chi connectivity index (χ1) is 22.7. The van der Waals surface area contributed by atoms with Crippen molar-refractivity contribution in [2.24, 2.45) is 22.7 Å². The highest BCUT2D eigenvalue weighted by Crippen LogP contribution is 2.66. The van der Waals surface area contributed by atoms with Crippen LogP contribution < -0.4 is 10.2 Å². The Morgan fingerprint density at radius 3 is 2.27 bits per heavy atom. The van der Waals surface area contributed by atoms with Crippen molar-refractivity contribution in [2.75, 3.05) is 20.0 Å². The fraction of sp³-hybridized carbons (Fsp3) is 0.795. The van der Waals surface area contributed by atoms with Crippen LogP contribution in [-0.2, 0) is 13.6 Å². The molecule has 0 aliphatic heterocycles. The Bertz CT molecular complexity index is 1370. The zero-order valence-corrected chi connectivity index (χ0v) is 37.0. The standard InChI is InChI=1S/C39H68O6S2Si2/c1-16-49(17-2,18-3)45-30-22-24-39(11)29(38(30,10)23-19-25-42-48(14,15)37(7,8)9)21-20-26(4)32(39)34(44-36(46)47-13)31-33(40)27(5)28(6)43-35(31)41-12/h29-30,32,34H,4,16-25H2,1-3,5-15H3/t29-,30+,32-,34-,38-,39+/m0/s1. The van der Waals surface area contributed by atoms with Crippen molar-refractivity contribution in [3.63, 3.8) is 0 Å². The molecular formula is C39H68O6S2Si2. The molecule has 1 aromatic rings. The summed E-state index contributed by atoms with van der Waals surface area (Å²) in [5.74, 6) is 0.902. The Balaban J connectivity index is 2.17. The fourth-order valence-electron chi connectivity index (χ4n) is 8.86. The first kappa shape index (κ1) is 42.5. The van der Waals surface area contributed by atoms with Gasteiger partial charge in [-0.1, -0.05) is 79.3 Å². The van der Waals surface area contributed by atoms with Gasteiger partial charge in [-0.05, 0) is 124 Å². The van der Waals surface area contributed by atoms with Gasteiger partial charge in [0.15, 0.2) is 22.1 Å². The molecule has 2 aliphatic carbocycles. The monoisotopic (exact) mass is 752 g/mol. The largest absolute Gasteiger partial charge is 0.469 e. The number of rotatable bonds is 14. The molecule has 0 amide bonds. The van der Waals surface area contributed by atoms with E-state index < -0.39 is 22.7 Å². The second-order valence-electron chi connectivity index (χ2n) is 16.9. The Kier molecular flexibility index (Phi) is 14.2. The molecule has 1 aromatic heterocycles. The van der Waals surface area contributed by atoms with Crippen molar-refractivity contribution in [1.29, 1.82) is 0 Å². The van der Waals surface area contributed by atoms with Crippen LogP contribution in [0.15, 0.2) is 21.4 Å². The summed E-state index contributed by atoms with van der Waals surface area (Å²) in [4.78, 5) is 14.1. The molecule has 0 bridgehead atoms. The van der Waals surface area contributed by atoms with Crippen molar-refractivity contribution >= 4 is 45.0 Å². The summed E-state index contributed by atoms with van der Waals surface area (Å²) in [6.07, 6.45) is 7.23. The number of hydrogen-bond acceptors (Lipinski definition) is 8. The van der Waals surface area contributed by atoms with Crippen molar-refractivity contribution in [3.05, 3.63) is 39.3 Å². The Hall–Kier alpha value is -0.916. The van der Waals surface area contributed by atoms with Crippen LogP contribution in [0, 0.1) is 36.5 Å². The predicted molar refractivity (Wildman–Crippen MR) is 216 cm³/mol. The third-order valence-corrected chi connectivity index (χ3v) is 23.6. The van der Waals surface area contributed by atoms with E-state index in [1.54, 1.807) is 14.0 Å². The molecule has 10 heteroatoms. The van der Waals surface area contributed by atoms with Gasteiger partial charge in [-0.25, -0.2) is 0 Å². The number of hydrogen-bond donors (Lipinski definition) is 0. The van der Waals surface area contributed by atoms with Gasteiger partial charge in [-0.2, -0.15) is 0 Å². The Labute approximate surface area is 310 Å². The molecule has 0 spiro atoms. The van der Waals surface area contributed by atoms with Crippen LogP contribution in [0.2, 0.25) is 36.3 Å². The van der Waals surface area contributed by atoms with E-state index in [0.29, 0.717) is 27.2 Å². The smallest absolute Gasteiger partial charge is 0.295 e. The zero-order chi connectivity index (χ0) is 37.2. The Morgan fingerprint density at radius 1 is 1.12 bits per heavy atom. The molecule has 0 aromatic carbocycles. The van der Waals surface area contributed by atoms with Gasteiger partial charge in [0.05, 0.1) is 13.2 Å². The van der Waals surface area contributed by atoms with Gasteiger partial charge in [0, 0.05) is 18.1 Å². The summed E-state index contributed by atoms with van der Waals surface area (Å²) >= 11 is 7.08. The molecule has 280 valence electrons. The lowest BCUT2D eigenvalue weighted by Crippen LogP contribution is -2.60. The lowest BCUT2D eigenvalue weighted by molar-refractivity contribution is -0.147. The maximum Gasteiger partial charge on any atom is 0.295 e. The maximum absolute atomic E-state index is 14.1. The minimum atomic E-state index is -1.90. The maximum atomic E-state index is 14.1. The summed E-state index contributed by atoms with van der Waals surface area (Å²) in [5, 5.41) is 0.173. The normalized spacial score (nSPS) is 27.1. The van der Waals surface area contributed by atoms with E-state index in [2.05, 4.69) is 75.1 Å². The third-order valence-electron chi connectivity index (χ3n) is 13.4. The van der Waals surface area contributed by atoms with Crippen molar-refractivity contribution in [3.8, 4) is 5.95 Å². The summed E-state index contributed by atoms with van der Waals surface area (Å²) < 4.78 is 33.2. The van der Waals surface area contributed by atoms with Crippen molar-refractivity contribution in [2.45, 2.75) is 156 Å². The minimum Gasteiger partial charge on any atom is -0.469 e. The van der Waals surface area contributed by atoms with E-state index >= 15 is 0 Å². The molecular weight excluding hydrogens is 685 g/mol. The second-order valence-corrected chi connectivity index (χ2v) is 27.8. The SMILES string of the molecule is C=C1CC[C@H]2[C@](C)(CCCO[Si](C)(C)C(C)(C)C)[C@H](O[Si](CC)(CC)CC)CC[C@@]2(C)[C@@H]1[C@@H](OC(=S)SC)c1c(OC)oc(C)c(C)c1=O. The lowest BCUT2D eigenvalue weighted by Gasteiger charge is -2.63. The van der Waals surface area contributed by atoms with Crippen molar-refractivity contribution < 1.29 is 22.7 Å². The van der Waals surface area contributed by atoms with Crippen LogP contribution in [-0.4, -0.2) is 47.1 Å². The van der Waals surface area contributed by atoms with E-state index in [4.69, 9.17) is 35.0 Å². The fourth-order valence-corrected chi connectivity index (χ4v) is 13.2. The van der Waals surface area contributed by atoms with E-state index in [1.807, 2.05) is 13.2 Å². The molecule has 6 atom stereocenters. The van der Waals surface area contributed by atoms with Crippen LogP contribution in [0.4, 0.5) is 0 Å². The molecule has 2 aliphatic rings. The van der Waals surface area contributed by atoms with Crippen molar-refractivity contribution in [1.82, 2.24) is 0 Å². The quantitative estimate of drug-likeness (QED) is 0.0805. The average Bonchev–Trinajstić information content (AvgIpc) is 3.04. The number of ether oxygens (including phenoxy) is 2. The van der Waals surface area contributed by atoms with Gasteiger partial charge in [0.25, 0.3) is 5.95 Å². The number of thiocarbonyl (C=S) groups is 1. The van der Waals surface area contributed by atoms with E-state index in [-0.39, 0.29) is 39.3 Å². The first-order valence-corrected chi connectivity index (χ1v) is 25.7. The third kappa shape index (κ3) is 8.50. The molecule has 0 radical (unpaired) electrons. The van der Waals surface area contributed by atoms with Crippen LogP contribution in [0.3, 0.4) is 0 Å². The van der Waals surface area contributed by atoms with Gasteiger partial charge >= 0.3 is 0 Å². The van der Waals surface area contributed by atoms with E-state index in [0.717, 1.165) is 68.8 Å². The molecule has 0 saturated heterocycles. The summed E-state index contributed by atoms with van der Waals surface area (Å²) in [6, 6.07) is 3.40. The topological polar surface area (TPSA) is 67.1 Å². The van der Waals surface area contributed by atoms with E-state index in [1.165, 1.54) is 11.8 Å². The van der Waals surface area contributed by atoms with Gasteiger partial charge in [0.2, 0.25) is 4.38 Å². The molecule has 0 unspecified atom stereocenters. The number of thioether (sulfide) groups is 1. The highest BCUT2D eigenvalue weighted by molar-refractivity contribution is 8.22. The summed E-state index contributed by atoms with van der Waals surface area (Å²) in [7, 11) is -2.21. The number of aryl methyl sites for hydroxylation is 1. The van der Waals surface area contributed by atoms with Crippen LogP contribution in [0.25, 0.3) is 0 Å². The molecule has 2 fully saturated rings. The highest BCUT2D eigenvalue weighted by Gasteiger charge is 2.61. The van der Waals surface area contributed by atoms with Crippen LogP contribution >= 0.6 is 24.0 Å². The predicted octanol–water partition coefficient (Wildman–Crippen LogP) is 11.6.